The smallest absolute Gasteiger partial charge is 0.169 e. The number of phenols is 5. The SMILES string of the molecule is Oc1ccc(C=Cc2c(CCc3ccc(CN[C@@H]4CCO[C@@]5(C4)C4(CCCC4)CCC[C@]54CC[C@@H](O)C4)cc3)c(O)c(O)c3c(O)cccc23)cc1O. The Balaban J connectivity index is 0.980. The Bertz CT molecular complexity index is 2000. The third kappa shape index (κ3) is 6.32. The Labute approximate surface area is 311 Å². The summed E-state index contributed by atoms with van der Waals surface area (Å²) in [5.74, 6) is -1.21. The van der Waals surface area contributed by atoms with Crippen LogP contribution in [0.15, 0.2) is 60.7 Å². The molecule has 3 spiro atoms. The van der Waals surface area contributed by atoms with Crippen LogP contribution in [0.5, 0.6) is 28.7 Å². The largest absolute Gasteiger partial charge is 0.507 e. The lowest BCUT2D eigenvalue weighted by atomic mass is 9.47. The van der Waals surface area contributed by atoms with Crippen molar-refractivity contribution in [2.75, 3.05) is 6.61 Å². The fraction of sp³-hybridized carbons (Fsp3) is 0.467. The number of hydrogen-bond donors (Lipinski definition) is 7. The molecule has 1 saturated heterocycles. The second-order valence-corrected chi connectivity index (χ2v) is 16.5. The summed E-state index contributed by atoms with van der Waals surface area (Å²) in [6.07, 6.45) is 18.1. The third-order valence-corrected chi connectivity index (χ3v) is 13.6. The first-order valence-corrected chi connectivity index (χ1v) is 19.6. The van der Waals surface area contributed by atoms with Gasteiger partial charge in [0.1, 0.15) is 5.75 Å². The van der Waals surface area contributed by atoms with E-state index in [1.54, 1.807) is 30.4 Å². The molecule has 0 aromatic heterocycles. The molecule has 3 saturated carbocycles. The predicted octanol–water partition coefficient (Wildman–Crippen LogP) is 8.61. The van der Waals surface area contributed by atoms with Gasteiger partial charge in [-0.3, -0.25) is 0 Å². The number of aliphatic hydroxyl groups is 1. The van der Waals surface area contributed by atoms with Crippen molar-refractivity contribution >= 4 is 22.9 Å². The second kappa shape index (κ2) is 14.2. The van der Waals surface area contributed by atoms with Crippen molar-refractivity contribution in [2.24, 2.45) is 10.8 Å². The molecule has 0 radical (unpaired) electrons. The van der Waals surface area contributed by atoms with Crippen LogP contribution in [0, 0.1) is 10.8 Å². The van der Waals surface area contributed by atoms with Crippen LogP contribution in [0.2, 0.25) is 0 Å². The number of ether oxygens (including phenoxy) is 1. The van der Waals surface area contributed by atoms with Crippen LogP contribution in [-0.4, -0.2) is 55.0 Å². The summed E-state index contributed by atoms with van der Waals surface area (Å²) in [5.41, 5.74) is 4.35. The zero-order valence-corrected chi connectivity index (χ0v) is 30.5. The summed E-state index contributed by atoms with van der Waals surface area (Å²) in [6.45, 7) is 1.55. The average molecular weight is 720 g/mol. The first-order valence-electron chi connectivity index (χ1n) is 19.6. The van der Waals surface area contributed by atoms with Gasteiger partial charge in [0.15, 0.2) is 23.0 Å². The highest BCUT2D eigenvalue weighted by Crippen LogP contribution is 2.69. The van der Waals surface area contributed by atoms with Crippen molar-refractivity contribution in [3.8, 4) is 28.7 Å². The van der Waals surface area contributed by atoms with E-state index < -0.39 is 0 Å². The van der Waals surface area contributed by atoms with Gasteiger partial charge in [-0.15, -0.1) is 0 Å². The molecule has 4 aliphatic rings. The number of phenolic OH excluding ortho intramolecular Hbond substituents is 5. The van der Waals surface area contributed by atoms with Gasteiger partial charge in [0.05, 0.1) is 17.1 Å². The molecule has 8 nitrogen and oxygen atoms in total. The fourth-order valence-corrected chi connectivity index (χ4v) is 11.1. The van der Waals surface area contributed by atoms with E-state index >= 15 is 0 Å². The topological polar surface area (TPSA) is 143 Å². The Morgan fingerprint density at radius 1 is 0.698 bits per heavy atom. The van der Waals surface area contributed by atoms with E-state index in [0.29, 0.717) is 41.0 Å². The molecule has 8 heteroatoms. The van der Waals surface area contributed by atoms with Crippen molar-refractivity contribution < 1.29 is 35.4 Å². The van der Waals surface area contributed by atoms with Gasteiger partial charge in [-0.05, 0) is 116 Å². The number of aryl methyl sites for hydroxylation is 1. The van der Waals surface area contributed by atoms with Gasteiger partial charge in [0, 0.05) is 35.6 Å². The lowest BCUT2D eigenvalue weighted by Gasteiger charge is -2.64. The molecule has 0 unspecified atom stereocenters. The minimum absolute atomic E-state index is 0.0950. The molecule has 280 valence electrons. The normalized spacial score (nSPS) is 26.8. The van der Waals surface area contributed by atoms with E-state index in [0.717, 1.165) is 50.8 Å². The van der Waals surface area contributed by atoms with Crippen molar-refractivity contribution in [2.45, 2.75) is 114 Å². The number of rotatable bonds is 8. The molecule has 53 heavy (non-hydrogen) atoms. The van der Waals surface area contributed by atoms with E-state index in [9.17, 15) is 30.6 Å². The quantitative estimate of drug-likeness (QED) is 0.0709. The average Bonchev–Trinajstić information content (AvgIpc) is 3.80. The summed E-state index contributed by atoms with van der Waals surface area (Å²) in [7, 11) is 0. The molecule has 7 N–H and O–H groups in total. The van der Waals surface area contributed by atoms with E-state index in [4.69, 9.17) is 4.74 Å². The maximum absolute atomic E-state index is 11.2. The molecule has 4 aromatic carbocycles. The lowest BCUT2D eigenvalue weighted by Crippen LogP contribution is -2.66. The summed E-state index contributed by atoms with van der Waals surface area (Å²) >= 11 is 0. The number of aromatic hydroxyl groups is 5. The summed E-state index contributed by atoms with van der Waals surface area (Å²) in [5, 5.41) is 68.1. The van der Waals surface area contributed by atoms with Gasteiger partial charge >= 0.3 is 0 Å². The van der Waals surface area contributed by atoms with Gasteiger partial charge in [-0.25, -0.2) is 0 Å². The summed E-state index contributed by atoms with van der Waals surface area (Å²) < 4.78 is 7.07. The van der Waals surface area contributed by atoms with Crippen LogP contribution in [0.25, 0.3) is 22.9 Å². The predicted molar refractivity (Wildman–Crippen MR) is 207 cm³/mol. The Morgan fingerprint density at radius 2 is 1.45 bits per heavy atom. The maximum atomic E-state index is 11.2. The van der Waals surface area contributed by atoms with E-state index in [-0.39, 0.29) is 56.7 Å². The van der Waals surface area contributed by atoms with Gasteiger partial charge < -0.3 is 40.7 Å². The highest BCUT2D eigenvalue weighted by Gasteiger charge is 2.68. The van der Waals surface area contributed by atoms with Crippen LogP contribution < -0.4 is 5.32 Å². The second-order valence-electron chi connectivity index (χ2n) is 16.5. The highest BCUT2D eigenvalue weighted by molar-refractivity contribution is 6.03. The number of fused-ring (bicyclic) bond motifs is 3. The van der Waals surface area contributed by atoms with Crippen LogP contribution in [0.1, 0.15) is 105 Å². The number of hydrogen-bond acceptors (Lipinski definition) is 8. The van der Waals surface area contributed by atoms with Crippen molar-refractivity contribution in [1.29, 1.82) is 0 Å². The van der Waals surface area contributed by atoms with E-state index in [2.05, 4.69) is 29.6 Å². The van der Waals surface area contributed by atoms with Gasteiger partial charge in [-0.2, -0.15) is 0 Å². The van der Waals surface area contributed by atoms with Crippen LogP contribution in [0.3, 0.4) is 0 Å². The molecule has 8 rings (SSSR count). The highest BCUT2D eigenvalue weighted by atomic mass is 16.5. The molecule has 0 bridgehead atoms. The minimum atomic E-state index is -0.356. The Hall–Kier alpha value is -4.24. The molecule has 1 aliphatic heterocycles. The van der Waals surface area contributed by atoms with E-state index in [1.807, 2.05) is 0 Å². The number of nitrogens with one attached hydrogen (secondary N) is 1. The third-order valence-electron chi connectivity index (χ3n) is 13.6. The first kappa shape index (κ1) is 35.8. The molecule has 4 atom stereocenters. The van der Waals surface area contributed by atoms with Gasteiger partial charge in [-0.1, -0.05) is 73.9 Å². The molecule has 4 fully saturated rings. The molecular formula is C45H53NO7. The van der Waals surface area contributed by atoms with Crippen LogP contribution in [0.4, 0.5) is 0 Å². The van der Waals surface area contributed by atoms with Crippen LogP contribution in [-0.2, 0) is 24.1 Å². The fourth-order valence-electron chi connectivity index (χ4n) is 11.1. The van der Waals surface area contributed by atoms with Crippen molar-refractivity contribution in [3.63, 3.8) is 0 Å². The van der Waals surface area contributed by atoms with Gasteiger partial charge in [0.25, 0.3) is 0 Å². The Morgan fingerprint density at radius 3 is 2.21 bits per heavy atom. The molecular weight excluding hydrogens is 666 g/mol. The van der Waals surface area contributed by atoms with Crippen LogP contribution >= 0.6 is 0 Å². The van der Waals surface area contributed by atoms with Crippen molar-refractivity contribution in [3.05, 3.63) is 88.5 Å². The number of aliphatic hydroxyl groups excluding tert-OH is 1. The number of benzene rings is 4. The standard InChI is InChI=1S/C45H53NO7/c47-33-17-23-44(27-33)22-4-21-43(19-1-2-20-43)45(44)26-32(18-24-53-45)46-28-31-9-7-29(8-10-31)11-15-36-34(14-12-30-13-16-37(48)39(50)25-30)35-5-3-6-38(49)40(35)42(52)41(36)51/h3,5-10,12-14,16,25,32-33,46-52H,1-2,4,11,15,17-24,26-28H2/t32-,33-,44-,45+/m1/s1. The zero-order chi connectivity index (χ0) is 36.8. The molecule has 4 aromatic rings. The minimum Gasteiger partial charge on any atom is -0.507 e. The van der Waals surface area contributed by atoms with Crippen molar-refractivity contribution in [1.82, 2.24) is 5.32 Å². The molecule has 3 aliphatic carbocycles. The zero-order valence-electron chi connectivity index (χ0n) is 30.5. The van der Waals surface area contributed by atoms with E-state index in [1.165, 1.54) is 68.7 Å². The first-order chi connectivity index (χ1) is 25.6. The van der Waals surface area contributed by atoms with Gasteiger partial charge in [0.2, 0.25) is 0 Å². The maximum Gasteiger partial charge on any atom is 0.169 e. The molecule has 0 amide bonds. The Kier molecular flexibility index (Phi) is 9.58. The summed E-state index contributed by atoms with van der Waals surface area (Å²) in [4.78, 5) is 0. The molecule has 1 heterocycles. The monoisotopic (exact) mass is 719 g/mol. The summed E-state index contributed by atoms with van der Waals surface area (Å²) in [6, 6.07) is 18.5. The lowest BCUT2D eigenvalue weighted by molar-refractivity contribution is -0.255.